The predicted molar refractivity (Wildman–Crippen MR) is 66.7 cm³/mol. The third kappa shape index (κ3) is 3.13. The van der Waals surface area contributed by atoms with Crippen molar-refractivity contribution in [2.24, 2.45) is 0 Å². The molecule has 2 amide bonds. The third-order valence-corrected chi connectivity index (χ3v) is 2.52. The van der Waals surface area contributed by atoms with Crippen LogP contribution in [0.5, 0.6) is 5.75 Å². The van der Waals surface area contributed by atoms with E-state index < -0.39 is 0 Å². The number of hydrogen-bond donors (Lipinski definition) is 3. The molecule has 5 nitrogen and oxygen atoms in total. The largest absolute Gasteiger partial charge is 0.482 e. The van der Waals surface area contributed by atoms with E-state index in [0.29, 0.717) is 24.4 Å². The van der Waals surface area contributed by atoms with Crippen molar-refractivity contribution >= 4 is 29.5 Å². The molecule has 0 aromatic heterocycles. The van der Waals surface area contributed by atoms with Crippen molar-refractivity contribution in [3.63, 3.8) is 0 Å². The van der Waals surface area contributed by atoms with Gasteiger partial charge in [0.1, 0.15) is 5.75 Å². The van der Waals surface area contributed by atoms with Crippen molar-refractivity contribution in [1.82, 2.24) is 5.32 Å². The molecule has 90 valence electrons. The molecule has 6 heteroatoms. The molecule has 0 aliphatic carbocycles. The predicted octanol–water partition coefficient (Wildman–Crippen LogP) is 1.20. The van der Waals surface area contributed by atoms with Crippen molar-refractivity contribution in [3.8, 4) is 5.75 Å². The molecule has 0 fully saturated rings. The van der Waals surface area contributed by atoms with Crippen LogP contribution in [0.4, 0.5) is 10.5 Å². The Labute approximate surface area is 104 Å². The summed E-state index contributed by atoms with van der Waals surface area (Å²) in [7, 11) is 0. The lowest BCUT2D eigenvalue weighted by atomic mass is 10.1. The number of rotatable bonds is 3. The van der Waals surface area contributed by atoms with Crippen molar-refractivity contribution < 1.29 is 14.3 Å². The Kier molecular flexibility index (Phi) is 3.53. The Bertz CT molecular complexity index is 462. The molecular weight excluding hydrogens is 240 g/mol. The van der Waals surface area contributed by atoms with Gasteiger partial charge >= 0.3 is 0 Å². The normalized spacial score (nSPS) is 13.4. The SMILES string of the molecule is O=C(S)NCCc1ccc2c(c1)NC(=O)CO2. The molecule has 2 rings (SSSR count). The monoisotopic (exact) mass is 252 g/mol. The van der Waals surface area contributed by atoms with Gasteiger partial charge in [-0.1, -0.05) is 18.7 Å². The van der Waals surface area contributed by atoms with E-state index >= 15 is 0 Å². The van der Waals surface area contributed by atoms with Gasteiger partial charge in [-0.3, -0.25) is 9.59 Å². The van der Waals surface area contributed by atoms with E-state index in [-0.39, 0.29) is 17.8 Å². The summed E-state index contributed by atoms with van der Waals surface area (Å²) >= 11 is 3.61. The van der Waals surface area contributed by atoms with Crippen LogP contribution in [0.1, 0.15) is 5.56 Å². The fourth-order valence-electron chi connectivity index (χ4n) is 1.60. The highest BCUT2D eigenvalue weighted by Crippen LogP contribution is 2.28. The second-order valence-corrected chi connectivity index (χ2v) is 4.06. The zero-order valence-electron chi connectivity index (χ0n) is 9.03. The van der Waals surface area contributed by atoms with E-state index in [0.717, 1.165) is 5.56 Å². The van der Waals surface area contributed by atoms with Gasteiger partial charge in [-0.05, 0) is 24.1 Å². The average Bonchev–Trinajstić information content (AvgIpc) is 2.28. The van der Waals surface area contributed by atoms with Gasteiger partial charge in [-0.15, -0.1) is 0 Å². The second kappa shape index (κ2) is 5.09. The van der Waals surface area contributed by atoms with Crippen LogP contribution in [-0.4, -0.2) is 24.3 Å². The number of nitrogens with one attached hydrogen (secondary N) is 2. The number of benzene rings is 1. The number of carbonyl (C=O) groups excluding carboxylic acids is 2. The van der Waals surface area contributed by atoms with Gasteiger partial charge < -0.3 is 15.4 Å². The topological polar surface area (TPSA) is 67.4 Å². The molecule has 17 heavy (non-hydrogen) atoms. The smallest absolute Gasteiger partial charge is 0.275 e. The molecule has 0 saturated carbocycles. The zero-order chi connectivity index (χ0) is 12.3. The van der Waals surface area contributed by atoms with Gasteiger partial charge in [0.2, 0.25) is 0 Å². The minimum absolute atomic E-state index is 0.0576. The third-order valence-electron chi connectivity index (χ3n) is 2.37. The van der Waals surface area contributed by atoms with Crippen molar-refractivity contribution in [2.45, 2.75) is 6.42 Å². The van der Waals surface area contributed by atoms with Gasteiger partial charge in [0, 0.05) is 6.54 Å². The van der Waals surface area contributed by atoms with Crippen molar-refractivity contribution in [3.05, 3.63) is 23.8 Å². The van der Waals surface area contributed by atoms with E-state index in [1.165, 1.54) is 0 Å². The fourth-order valence-corrected chi connectivity index (χ4v) is 1.71. The highest BCUT2D eigenvalue weighted by Gasteiger charge is 2.15. The molecule has 0 unspecified atom stereocenters. The molecule has 1 aliphatic rings. The van der Waals surface area contributed by atoms with Gasteiger partial charge in [0.15, 0.2) is 6.61 Å². The first-order valence-electron chi connectivity index (χ1n) is 5.17. The number of fused-ring (bicyclic) bond motifs is 1. The molecule has 0 radical (unpaired) electrons. The molecule has 1 heterocycles. The first-order valence-corrected chi connectivity index (χ1v) is 5.62. The minimum atomic E-state index is -0.348. The molecule has 0 atom stereocenters. The van der Waals surface area contributed by atoms with E-state index in [2.05, 4.69) is 23.3 Å². The van der Waals surface area contributed by atoms with E-state index in [9.17, 15) is 9.59 Å². The molecule has 0 bridgehead atoms. The van der Waals surface area contributed by atoms with Gasteiger partial charge in [-0.2, -0.15) is 0 Å². The molecule has 0 spiro atoms. The number of anilines is 1. The van der Waals surface area contributed by atoms with Crippen LogP contribution in [0.3, 0.4) is 0 Å². The Morgan fingerprint density at radius 2 is 2.35 bits per heavy atom. The Morgan fingerprint density at radius 3 is 3.12 bits per heavy atom. The first kappa shape index (κ1) is 11.8. The number of amides is 2. The van der Waals surface area contributed by atoms with Crippen LogP contribution in [0.15, 0.2) is 18.2 Å². The summed E-state index contributed by atoms with van der Waals surface area (Å²) in [4.78, 5) is 21.7. The number of ether oxygens (including phenoxy) is 1. The van der Waals surface area contributed by atoms with Crippen LogP contribution in [0, 0.1) is 0 Å². The Balaban J connectivity index is 2.02. The summed E-state index contributed by atoms with van der Waals surface area (Å²) in [6.45, 7) is 0.567. The highest BCUT2D eigenvalue weighted by molar-refractivity contribution is 7.96. The summed E-state index contributed by atoms with van der Waals surface area (Å²) in [5.41, 5.74) is 1.69. The maximum atomic E-state index is 11.1. The Hall–Kier alpha value is -1.69. The number of thiol groups is 1. The lowest BCUT2D eigenvalue weighted by Crippen LogP contribution is -2.25. The van der Waals surface area contributed by atoms with Crippen LogP contribution in [-0.2, 0) is 11.2 Å². The summed E-state index contributed by atoms with van der Waals surface area (Å²) in [6, 6.07) is 5.56. The molecule has 2 N–H and O–H groups in total. The van der Waals surface area contributed by atoms with Crippen LogP contribution < -0.4 is 15.4 Å². The average molecular weight is 252 g/mol. The second-order valence-electron chi connectivity index (χ2n) is 3.65. The van der Waals surface area contributed by atoms with Crippen molar-refractivity contribution in [2.75, 3.05) is 18.5 Å². The number of carbonyl (C=O) groups is 2. The quantitative estimate of drug-likeness (QED) is 0.708. The summed E-state index contributed by atoms with van der Waals surface area (Å²) in [5.74, 6) is 0.518. The van der Waals surface area contributed by atoms with Crippen molar-refractivity contribution in [1.29, 1.82) is 0 Å². The lowest BCUT2D eigenvalue weighted by molar-refractivity contribution is -0.118. The summed E-state index contributed by atoms with van der Waals surface area (Å²) < 4.78 is 5.24. The van der Waals surface area contributed by atoms with E-state index in [1.54, 1.807) is 0 Å². The molecular formula is C11H12N2O3S. The maximum absolute atomic E-state index is 11.1. The highest BCUT2D eigenvalue weighted by atomic mass is 32.1. The molecule has 1 aliphatic heterocycles. The van der Waals surface area contributed by atoms with E-state index in [4.69, 9.17) is 4.74 Å². The molecule has 0 saturated heterocycles. The Morgan fingerprint density at radius 1 is 1.53 bits per heavy atom. The maximum Gasteiger partial charge on any atom is 0.275 e. The van der Waals surface area contributed by atoms with Crippen LogP contribution in [0.2, 0.25) is 0 Å². The summed E-state index contributed by atoms with van der Waals surface area (Å²) in [6.07, 6.45) is 0.676. The first-order chi connectivity index (χ1) is 8.15. The number of hydrogen-bond acceptors (Lipinski definition) is 3. The molecule has 1 aromatic rings. The van der Waals surface area contributed by atoms with E-state index in [1.807, 2.05) is 18.2 Å². The minimum Gasteiger partial charge on any atom is -0.482 e. The lowest BCUT2D eigenvalue weighted by Gasteiger charge is -2.18. The summed E-state index contributed by atoms with van der Waals surface area (Å²) in [5, 5.41) is 4.98. The van der Waals surface area contributed by atoms with Gasteiger partial charge in [0.25, 0.3) is 11.1 Å². The zero-order valence-corrected chi connectivity index (χ0v) is 9.92. The van der Waals surface area contributed by atoms with Gasteiger partial charge in [-0.25, -0.2) is 0 Å². The molecule has 1 aromatic carbocycles. The van der Waals surface area contributed by atoms with Gasteiger partial charge in [0.05, 0.1) is 5.69 Å². The standard InChI is InChI=1S/C11H12N2O3S/c14-10-6-16-9-2-1-7(5-8(9)13-10)3-4-12-11(15)17/h1-2,5H,3-4,6H2,(H,13,14)(H2,12,15,17). The van der Waals surface area contributed by atoms with Crippen LogP contribution >= 0.6 is 12.6 Å². The fraction of sp³-hybridized carbons (Fsp3) is 0.273. The van der Waals surface area contributed by atoms with Crippen LogP contribution in [0.25, 0.3) is 0 Å².